The fourth-order valence-corrected chi connectivity index (χ4v) is 3.77. The van der Waals surface area contributed by atoms with Gasteiger partial charge in [0.15, 0.2) is 0 Å². The van der Waals surface area contributed by atoms with Gasteiger partial charge in [-0.1, -0.05) is 58.3 Å². The predicted octanol–water partition coefficient (Wildman–Crippen LogP) is 2.84. The Morgan fingerprint density at radius 3 is 1.59 bits per heavy atom. The average molecular weight is 362 g/mol. The first-order chi connectivity index (χ1) is 10.0. The van der Waals surface area contributed by atoms with Gasteiger partial charge in [-0.3, -0.25) is 4.57 Å². The lowest BCUT2D eigenvalue weighted by Crippen LogP contribution is -2.31. The fourth-order valence-electron chi connectivity index (χ4n) is 2.10. The number of aliphatic hydroxyl groups is 1. The smallest absolute Gasteiger partial charge is 0.356 e. The lowest BCUT2D eigenvalue weighted by Gasteiger charge is -2.28. The first kappa shape index (κ1) is 22.2. The summed E-state index contributed by atoms with van der Waals surface area (Å²) in [7, 11) is -10.4. The summed E-state index contributed by atoms with van der Waals surface area (Å²) in [4.78, 5) is 35.3. The summed E-state index contributed by atoms with van der Waals surface area (Å²) in [6, 6.07) is 0. The summed E-state index contributed by atoms with van der Waals surface area (Å²) in [5, 5.41) is 9.71. The molecule has 0 saturated carbocycles. The number of rotatable bonds is 13. The largest absolute Gasteiger partial charge is 0.472 e. The van der Waals surface area contributed by atoms with Crippen molar-refractivity contribution in [2.24, 2.45) is 0 Å². The Bertz CT molecular complexity index is 391. The average Bonchev–Trinajstić information content (AvgIpc) is 2.33. The quantitative estimate of drug-likeness (QED) is 0.191. The Morgan fingerprint density at radius 1 is 0.818 bits per heavy atom. The van der Waals surface area contributed by atoms with Crippen LogP contribution in [0, 0.1) is 0 Å². The van der Waals surface area contributed by atoms with Crippen LogP contribution >= 0.6 is 15.4 Å². The molecule has 0 aromatic heterocycles. The third-order valence-corrected chi connectivity index (χ3v) is 5.24. The lowest BCUT2D eigenvalue weighted by molar-refractivity contribution is -0.102. The van der Waals surface area contributed by atoms with Gasteiger partial charge in [0, 0.05) is 6.42 Å². The molecule has 0 aromatic rings. The van der Waals surface area contributed by atoms with E-state index in [2.05, 4.69) is 11.4 Å². The monoisotopic (exact) mass is 362 g/mol. The molecule has 0 saturated heterocycles. The summed E-state index contributed by atoms with van der Waals surface area (Å²) in [6.07, 6.45) is 7.93. The van der Waals surface area contributed by atoms with Crippen molar-refractivity contribution in [2.75, 3.05) is 0 Å². The van der Waals surface area contributed by atoms with Crippen LogP contribution in [0.25, 0.3) is 0 Å². The highest BCUT2D eigenvalue weighted by Gasteiger charge is 2.50. The minimum absolute atomic E-state index is 0.205. The van der Waals surface area contributed by atoms with E-state index in [0.29, 0.717) is 6.42 Å². The van der Waals surface area contributed by atoms with Crippen LogP contribution in [0.5, 0.6) is 0 Å². The normalized spacial score (nSPS) is 15.7. The van der Waals surface area contributed by atoms with E-state index in [1.54, 1.807) is 0 Å². The van der Waals surface area contributed by atoms with Gasteiger partial charge in [-0.2, -0.15) is 0 Å². The number of hydrogen-bond acceptors (Lipinski definition) is 4. The third kappa shape index (κ3) is 10.1. The van der Waals surface area contributed by atoms with Crippen LogP contribution in [0.2, 0.25) is 0 Å². The molecule has 0 aliphatic rings. The molecule has 0 heterocycles. The molecule has 0 aliphatic carbocycles. The Morgan fingerprint density at radius 2 is 1.23 bits per heavy atom. The molecule has 1 atom stereocenters. The van der Waals surface area contributed by atoms with Gasteiger partial charge in [0.05, 0.1) is 0 Å². The SMILES string of the molecule is CCCCCCCCCCCC(O)(OP(=O)(O)O)P(=O)(O)O. The molecule has 1 unspecified atom stereocenters. The summed E-state index contributed by atoms with van der Waals surface area (Å²) < 4.78 is 25.8. The molecule has 0 rings (SSSR count). The first-order valence-electron chi connectivity index (χ1n) is 7.56. The van der Waals surface area contributed by atoms with Gasteiger partial charge < -0.3 is 24.7 Å². The second kappa shape index (κ2) is 10.2. The molecule has 22 heavy (non-hydrogen) atoms. The van der Waals surface area contributed by atoms with Crippen molar-refractivity contribution in [1.82, 2.24) is 0 Å². The second-order valence-corrected chi connectivity index (χ2v) is 8.40. The van der Waals surface area contributed by atoms with Gasteiger partial charge in [-0.05, 0) is 6.42 Å². The number of phosphoric ester groups is 1. The standard InChI is InChI=1S/C12H28O8P2/c1-2-3-4-5-6-7-8-9-10-11-12(13,21(14,15)16)20-22(17,18)19/h13H,2-11H2,1H3,(H2,14,15,16)(H2,17,18,19). The number of phosphoric acid groups is 1. The molecule has 0 fully saturated rings. The summed E-state index contributed by atoms with van der Waals surface area (Å²) >= 11 is 0. The van der Waals surface area contributed by atoms with E-state index < -0.39 is 27.4 Å². The molecule has 134 valence electrons. The molecule has 8 nitrogen and oxygen atoms in total. The van der Waals surface area contributed by atoms with Gasteiger partial charge in [0.1, 0.15) is 0 Å². The minimum Gasteiger partial charge on any atom is -0.356 e. The van der Waals surface area contributed by atoms with Crippen LogP contribution in [-0.4, -0.2) is 30.2 Å². The lowest BCUT2D eigenvalue weighted by atomic mass is 10.1. The van der Waals surface area contributed by atoms with Crippen molar-refractivity contribution in [3.05, 3.63) is 0 Å². The molecular formula is C12H28O8P2. The van der Waals surface area contributed by atoms with E-state index in [0.717, 1.165) is 25.7 Å². The first-order valence-corrected chi connectivity index (χ1v) is 10.7. The van der Waals surface area contributed by atoms with Crippen LogP contribution in [0.4, 0.5) is 0 Å². The van der Waals surface area contributed by atoms with Crippen molar-refractivity contribution < 1.29 is 38.3 Å². The molecular weight excluding hydrogens is 334 g/mol. The Kier molecular flexibility index (Phi) is 10.3. The van der Waals surface area contributed by atoms with Crippen molar-refractivity contribution in [3.8, 4) is 0 Å². The zero-order chi connectivity index (χ0) is 17.3. The summed E-state index contributed by atoms with van der Waals surface area (Å²) in [5.74, 6) is 0. The number of unbranched alkanes of at least 4 members (excludes halogenated alkanes) is 8. The zero-order valence-electron chi connectivity index (χ0n) is 12.9. The Hall–Kier alpha value is 0.220. The van der Waals surface area contributed by atoms with Crippen molar-refractivity contribution in [2.45, 2.75) is 76.7 Å². The van der Waals surface area contributed by atoms with E-state index in [1.165, 1.54) is 19.3 Å². The van der Waals surface area contributed by atoms with Crippen LogP contribution < -0.4 is 0 Å². The maximum atomic E-state index is 11.2. The van der Waals surface area contributed by atoms with Gasteiger partial charge in [-0.25, -0.2) is 9.09 Å². The zero-order valence-corrected chi connectivity index (χ0v) is 14.7. The Labute approximate surface area is 131 Å². The highest BCUT2D eigenvalue weighted by Crippen LogP contribution is 2.58. The van der Waals surface area contributed by atoms with Crippen LogP contribution in [0.15, 0.2) is 0 Å². The van der Waals surface area contributed by atoms with Crippen LogP contribution in [0.1, 0.15) is 71.1 Å². The van der Waals surface area contributed by atoms with E-state index in [4.69, 9.17) is 19.6 Å². The summed E-state index contributed by atoms with van der Waals surface area (Å²) in [5.41, 5.74) is -3.13. The highest BCUT2D eigenvalue weighted by atomic mass is 31.2. The molecule has 0 radical (unpaired) electrons. The number of hydrogen-bond donors (Lipinski definition) is 5. The van der Waals surface area contributed by atoms with Gasteiger partial charge in [0.25, 0.3) is 5.53 Å². The van der Waals surface area contributed by atoms with Crippen molar-refractivity contribution in [3.63, 3.8) is 0 Å². The van der Waals surface area contributed by atoms with Crippen molar-refractivity contribution >= 4 is 15.4 Å². The molecule has 0 amide bonds. The maximum Gasteiger partial charge on any atom is 0.472 e. The van der Waals surface area contributed by atoms with Gasteiger partial charge in [-0.15, -0.1) is 0 Å². The van der Waals surface area contributed by atoms with Crippen molar-refractivity contribution in [1.29, 1.82) is 0 Å². The topological polar surface area (TPSA) is 145 Å². The summed E-state index contributed by atoms with van der Waals surface area (Å²) in [6.45, 7) is 2.14. The molecule has 0 bridgehead atoms. The Balaban J connectivity index is 4.07. The highest BCUT2D eigenvalue weighted by molar-refractivity contribution is 7.54. The molecule has 0 aliphatic heterocycles. The van der Waals surface area contributed by atoms with Gasteiger partial charge in [0.2, 0.25) is 0 Å². The van der Waals surface area contributed by atoms with E-state index in [1.807, 2.05) is 0 Å². The van der Waals surface area contributed by atoms with E-state index >= 15 is 0 Å². The minimum atomic E-state index is -5.22. The van der Waals surface area contributed by atoms with Gasteiger partial charge >= 0.3 is 15.4 Å². The molecule has 0 spiro atoms. The molecule has 5 N–H and O–H groups in total. The molecule has 0 aromatic carbocycles. The van der Waals surface area contributed by atoms with E-state index in [-0.39, 0.29) is 6.42 Å². The van der Waals surface area contributed by atoms with Crippen LogP contribution in [-0.2, 0) is 13.7 Å². The van der Waals surface area contributed by atoms with E-state index in [9.17, 15) is 14.2 Å². The van der Waals surface area contributed by atoms with Crippen LogP contribution in [0.3, 0.4) is 0 Å². The second-order valence-electron chi connectivity index (χ2n) is 5.45. The molecule has 10 heteroatoms. The fraction of sp³-hybridized carbons (Fsp3) is 1.00. The maximum absolute atomic E-state index is 11.2. The predicted molar refractivity (Wildman–Crippen MR) is 82.0 cm³/mol. The third-order valence-electron chi connectivity index (χ3n) is 3.33.